The highest BCUT2D eigenvalue weighted by molar-refractivity contribution is 8.18. The Hall–Kier alpha value is -3.77. The monoisotopic (exact) mass is 538 g/mol. The number of nitriles is 1. The van der Waals surface area contributed by atoms with Crippen LogP contribution in [-0.2, 0) is 17.9 Å². The average molecular weight is 539 g/mol. The van der Waals surface area contributed by atoms with Crippen molar-refractivity contribution in [1.82, 2.24) is 4.90 Å². The van der Waals surface area contributed by atoms with Gasteiger partial charge in [-0.2, -0.15) is 5.26 Å². The van der Waals surface area contributed by atoms with Crippen LogP contribution in [0.5, 0.6) is 5.75 Å². The van der Waals surface area contributed by atoms with Crippen LogP contribution in [0.15, 0.2) is 65.6 Å². The molecule has 0 spiro atoms. The van der Waals surface area contributed by atoms with Crippen molar-refractivity contribution >= 4 is 58.2 Å². The molecule has 0 aromatic heterocycles. The van der Waals surface area contributed by atoms with Gasteiger partial charge in [-0.1, -0.05) is 53.5 Å². The number of ether oxygens (including phenoxy) is 1. The molecule has 3 aromatic rings. The molecule has 1 heterocycles. The van der Waals surface area contributed by atoms with E-state index in [-0.39, 0.29) is 39.4 Å². The molecule has 7 nitrogen and oxygen atoms in total. The first-order chi connectivity index (χ1) is 17.3. The van der Waals surface area contributed by atoms with Crippen LogP contribution in [0.1, 0.15) is 32.6 Å². The van der Waals surface area contributed by atoms with Crippen molar-refractivity contribution in [2.45, 2.75) is 13.2 Å². The zero-order chi connectivity index (χ0) is 25.8. The van der Waals surface area contributed by atoms with Gasteiger partial charge in [-0.05, 0) is 64.9 Å². The minimum atomic E-state index is -1.02. The average Bonchev–Trinajstić information content (AvgIpc) is 3.11. The molecular weight excluding hydrogens is 523 g/mol. The number of carboxylic acids is 1. The van der Waals surface area contributed by atoms with Crippen LogP contribution in [0.2, 0.25) is 10.0 Å². The van der Waals surface area contributed by atoms with Crippen molar-refractivity contribution in [1.29, 1.82) is 5.26 Å². The fourth-order valence-corrected chi connectivity index (χ4v) is 4.88. The number of aromatic carboxylic acids is 1. The third-order valence-corrected chi connectivity index (χ3v) is 6.71. The summed E-state index contributed by atoms with van der Waals surface area (Å²) in [6.07, 6.45) is 1.52. The van der Waals surface area contributed by atoms with E-state index in [2.05, 4.69) is 6.07 Å². The number of hydrogen-bond donors (Lipinski definition) is 1. The lowest BCUT2D eigenvalue weighted by Crippen LogP contribution is -2.27. The molecule has 3 aromatic carbocycles. The van der Waals surface area contributed by atoms with Crippen LogP contribution in [-0.4, -0.2) is 27.1 Å². The number of carboxylic acid groups (broad SMARTS) is 1. The number of thioether (sulfide) groups is 1. The standard InChI is InChI=1S/C26H16Cl2N2O5S/c27-20-9-16(10-21(28)23(20)35-14-15-5-7-17(8-6-15)25(32)33)11-22-24(31)30(26(34)36-22)13-19-4-2-1-3-18(19)12-29/h1-11H,13-14H2,(H,32,33)/b22-11+. The molecule has 1 saturated heterocycles. The summed E-state index contributed by atoms with van der Waals surface area (Å²) in [5.74, 6) is -1.26. The van der Waals surface area contributed by atoms with Crippen LogP contribution in [0.25, 0.3) is 6.08 Å². The van der Waals surface area contributed by atoms with Gasteiger partial charge in [-0.15, -0.1) is 0 Å². The van der Waals surface area contributed by atoms with E-state index in [9.17, 15) is 19.6 Å². The van der Waals surface area contributed by atoms with Crippen molar-refractivity contribution in [2.75, 3.05) is 0 Å². The van der Waals surface area contributed by atoms with E-state index in [4.69, 9.17) is 33.0 Å². The molecule has 36 heavy (non-hydrogen) atoms. The molecule has 1 aliphatic heterocycles. The molecule has 10 heteroatoms. The van der Waals surface area contributed by atoms with Crippen molar-refractivity contribution < 1.29 is 24.2 Å². The number of carbonyl (C=O) groups excluding carboxylic acids is 2. The van der Waals surface area contributed by atoms with Crippen LogP contribution in [0.3, 0.4) is 0 Å². The Labute approximate surface area is 220 Å². The van der Waals surface area contributed by atoms with Gasteiger partial charge in [0.1, 0.15) is 6.61 Å². The van der Waals surface area contributed by atoms with Crippen LogP contribution in [0, 0.1) is 11.3 Å². The Morgan fingerprint density at radius 3 is 2.39 bits per heavy atom. The van der Waals surface area contributed by atoms with E-state index in [1.807, 2.05) is 0 Å². The van der Waals surface area contributed by atoms with E-state index < -0.39 is 17.1 Å². The van der Waals surface area contributed by atoms with Crippen LogP contribution < -0.4 is 4.74 Å². The number of halogens is 2. The Morgan fingerprint density at radius 2 is 1.75 bits per heavy atom. The van der Waals surface area contributed by atoms with E-state index in [0.717, 1.165) is 22.2 Å². The van der Waals surface area contributed by atoms with E-state index in [1.54, 1.807) is 48.5 Å². The van der Waals surface area contributed by atoms with Gasteiger partial charge in [-0.3, -0.25) is 14.5 Å². The molecule has 0 unspecified atom stereocenters. The molecule has 180 valence electrons. The predicted octanol–water partition coefficient (Wildman–Crippen LogP) is 6.38. The largest absolute Gasteiger partial charge is 0.486 e. The summed E-state index contributed by atoms with van der Waals surface area (Å²) < 4.78 is 5.73. The molecule has 1 aliphatic rings. The first-order valence-electron chi connectivity index (χ1n) is 10.4. The summed E-state index contributed by atoms with van der Waals surface area (Å²) in [6, 6.07) is 18.2. The molecule has 1 N–H and O–H groups in total. The van der Waals surface area contributed by atoms with Gasteiger partial charge in [0.2, 0.25) is 0 Å². The SMILES string of the molecule is N#Cc1ccccc1CN1C(=O)S/C(=C/c2cc(Cl)c(OCc3ccc(C(=O)O)cc3)c(Cl)c2)C1=O. The van der Waals surface area contributed by atoms with Crippen molar-refractivity contribution in [3.63, 3.8) is 0 Å². The molecule has 0 saturated carbocycles. The van der Waals surface area contributed by atoms with E-state index >= 15 is 0 Å². The normalized spacial score (nSPS) is 14.2. The highest BCUT2D eigenvalue weighted by Crippen LogP contribution is 2.38. The Kier molecular flexibility index (Phi) is 7.65. The molecule has 1 fully saturated rings. The summed E-state index contributed by atoms with van der Waals surface area (Å²) in [6.45, 7) is 0.106. The summed E-state index contributed by atoms with van der Waals surface area (Å²) in [4.78, 5) is 37.7. The van der Waals surface area contributed by atoms with Gasteiger partial charge in [-0.25, -0.2) is 4.79 Å². The second kappa shape index (κ2) is 10.9. The Bertz CT molecular complexity index is 1420. The second-order valence-electron chi connectivity index (χ2n) is 7.64. The molecule has 0 radical (unpaired) electrons. The maximum Gasteiger partial charge on any atom is 0.335 e. The smallest absolute Gasteiger partial charge is 0.335 e. The number of amides is 2. The first kappa shape index (κ1) is 25.3. The van der Waals surface area contributed by atoms with Gasteiger partial charge in [0, 0.05) is 0 Å². The van der Waals surface area contributed by atoms with Gasteiger partial charge in [0.25, 0.3) is 11.1 Å². The lowest BCUT2D eigenvalue weighted by Gasteiger charge is -2.13. The summed E-state index contributed by atoms with van der Waals surface area (Å²) in [7, 11) is 0. The molecular formula is C26H16Cl2N2O5S. The quantitative estimate of drug-likeness (QED) is 0.347. The van der Waals surface area contributed by atoms with Crippen molar-refractivity contribution in [2.24, 2.45) is 0 Å². The number of carbonyl (C=O) groups is 3. The molecule has 0 aliphatic carbocycles. The van der Waals surface area contributed by atoms with E-state index in [0.29, 0.717) is 16.7 Å². The topological polar surface area (TPSA) is 108 Å². The third-order valence-electron chi connectivity index (χ3n) is 5.24. The third kappa shape index (κ3) is 5.55. The fourth-order valence-electron chi connectivity index (χ4n) is 3.43. The second-order valence-corrected chi connectivity index (χ2v) is 9.45. The zero-order valence-corrected chi connectivity index (χ0v) is 20.7. The maximum atomic E-state index is 12.9. The number of benzene rings is 3. The predicted molar refractivity (Wildman–Crippen MR) is 137 cm³/mol. The van der Waals surface area contributed by atoms with Gasteiger partial charge in [0.05, 0.1) is 38.7 Å². The fraction of sp³-hybridized carbons (Fsp3) is 0.0769. The maximum absolute atomic E-state index is 12.9. The lowest BCUT2D eigenvalue weighted by atomic mass is 10.1. The molecule has 4 rings (SSSR count). The number of imide groups is 1. The summed E-state index contributed by atoms with van der Waals surface area (Å²) >= 11 is 13.5. The van der Waals surface area contributed by atoms with Crippen molar-refractivity contribution in [3.05, 3.63) is 103 Å². The van der Waals surface area contributed by atoms with Gasteiger partial charge >= 0.3 is 5.97 Å². The first-order valence-corrected chi connectivity index (χ1v) is 12.0. The van der Waals surface area contributed by atoms with Gasteiger partial charge < -0.3 is 9.84 Å². The highest BCUT2D eigenvalue weighted by Gasteiger charge is 2.35. The number of rotatable bonds is 7. The molecule has 2 amide bonds. The minimum Gasteiger partial charge on any atom is -0.486 e. The summed E-state index contributed by atoms with van der Waals surface area (Å²) in [5.41, 5.74) is 2.37. The van der Waals surface area contributed by atoms with E-state index in [1.165, 1.54) is 18.2 Å². The Balaban J connectivity index is 1.49. The van der Waals surface area contributed by atoms with Crippen molar-refractivity contribution in [3.8, 4) is 11.8 Å². The lowest BCUT2D eigenvalue weighted by molar-refractivity contribution is -0.123. The Morgan fingerprint density at radius 1 is 1.08 bits per heavy atom. The number of hydrogen-bond acceptors (Lipinski definition) is 6. The molecule has 0 bridgehead atoms. The number of nitrogens with zero attached hydrogens (tertiary/aromatic N) is 2. The highest BCUT2D eigenvalue weighted by atomic mass is 35.5. The van der Waals surface area contributed by atoms with Crippen LogP contribution in [0.4, 0.5) is 4.79 Å². The molecule has 0 atom stereocenters. The summed E-state index contributed by atoms with van der Waals surface area (Å²) in [5, 5.41) is 18.2. The zero-order valence-electron chi connectivity index (χ0n) is 18.4. The van der Waals surface area contributed by atoms with Crippen LogP contribution >= 0.6 is 35.0 Å². The van der Waals surface area contributed by atoms with Gasteiger partial charge in [0.15, 0.2) is 5.75 Å². The minimum absolute atomic E-state index is 0.00647.